The van der Waals surface area contributed by atoms with Crippen molar-refractivity contribution in [2.45, 2.75) is 121 Å². The van der Waals surface area contributed by atoms with Gasteiger partial charge in [-0.1, -0.05) is 89.7 Å². The van der Waals surface area contributed by atoms with Crippen LogP contribution in [-0.4, -0.2) is 59.6 Å². The van der Waals surface area contributed by atoms with Gasteiger partial charge < -0.3 is 24.8 Å². The molecule has 0 spiro atoms. The zero-order valence-electron chi connectivity index (χ0n) is 18.6. The van der Waals surface area contributed by atoms with E-state index in [0.29, 0.717) is 6.61 Å². The first-order valence-corrected chi connectivity index (χ1v) is 12.1. The Bertz CT molecular complexity index is 385. The summed E-state index contributed by atoms with van der Waals surface area (Å²) in [6.07, 6.45) is 19.4. The van der Waals surface area contributed by atoms with Gasteiger partial charge in [0.25, 0.3) is 0 Å². The molecule has 0 radical (unpaired) electrons. The Morgan fingerprint density at radius 3 is 1.97 bits per heavy atom. The number of aliphatic hydroxyl groups excluding tert-OH is 3. The molecule has 0 aromatic heterocycles. The largest absolute Gasteiger partial charge is 0.394 e. The van der Waals surface area contributed by atoms with E-state index in [4.69, 9.17) is 9.47 Å². The number of hydrogen-bond donors (Lipinski definition) is 3. The van der Waals surface area contributed by atoms with Gasteiger partial charge in [0.1, 0.15) is 24.4 Å². The molecule has 1 aliphatic rings. The molecule has 3 N–H and O–H groups in total. The maximum absolute atomic E-state index is 9.99. The summed E-state index contributed by atoms with van der Waals surface area (Å²) in [5.74, 6) is 0. The van der Waals surface area contributed by atoms with Gasteiger partial charge >= 0.3 is 0 Å². The zero-order chi connectivity index (χ0) is 21.2. The molecular weight excluding hydrogens is 368 g/mol. The maximum Gasteiger partial charge on any atom is 0.114 e. The minimum atomic E-state index is -1.01. The van der Waals surface area contributed by atoms with Gasteiger partial charge in [-0.2, -0.15) is 0 Å². The lowest BCUT2D eigenvalue weighted by Gasteiger charge is -2.37. The van der Waals surface area contributed by atoms with E-state index in [1.807, 2.05) is 0 Å². The summed E-state index contributed by atoms with van der Waals surface area (Å²) in [5.41, 5.74) is 0. The summed E-state index contributed by atoms with van der Waals surface area (Å²) < 4.78 is 10.9. The molecular formula is C24H46O5. The van der Waals surface area contributed by atoms with Crippen LogP contribution >= 0.6 is 0 Å². The van der Waals surface area contributed by atoms with Crippen LogP contribution in [0.4, 0.5) is 0 Å². The van der Waals surface area contributed by atoms with Crippen LogP contribution in [0.15, 0.2) is 12.2 Å². The molecule has 0 bridgehead atoms. The lowest BCUT2D eigenvalue weighted by atomic mass is 10.0. The highest BCUT2D eigenvalue weighted by atomic mass is 16.6. The fourth-order valence-corrected chi connectivity index (χ4v) is 3.83. The normalized spacial score (nSPS) is 25.1. The predicted octanol–water partition coefficient (Wildman–Crippen LogP) is 4.52. The first-order valence-electron chi connectivity index (χ1n) is 12.1. The fourth-order valence-electron chi connectivity index (χ4n) is 3.83. The molecule has 0 amide bonds. The van der Waals surface area contributed by atoms with E-state index in [-0.39, 0.29) is 13.2 Å². The number of ether oxygens (including phenoxy) is 2. The van der Waals surface area contributed by atoms with E-state index >= 15 is 0 Å². The third-order valence-electron chi connectivity index (χ3n) is 5.74. The molecule has 4 atom stereocenters. The third-order valence-corrected chi connectivity index (χ3v) is 5.74. The van der Waals surface area contributed by atoms with Crippen molar-refractivity contribution in [3.8, 4) is 0 Å². The smallest absolute Gasteiger partial charge is 0.114 e. The number of rotatable bonds is 18. The van der Waals surface area contributed by atoms with Gasteiger partial charge in [-0.25, -0.2) is 0 Å². The molecule has 0 aromatic rings. The van der Waals surface area contributed by atoms with Crippen molar-refractivity contribution in [1.82, 2.24) is 0 Å². The average molecular weight is 415 g/mol. The summed E-state index contributed by atoms with van der Waals surface area (Å²) in [6, 6.07) is 0. The number of hydrogen-bond acceptors (Lipinski definition) is 5. The van der Waals surface area contributed by atoms with E-state index in [9.17, 15) is 15.3 Å². The first kappa shape index (κ1) is 26.6. The Morgan fingerprint density at radius 1 is 0.828 bits per heavy atom. The molecule has 1 aliphatic heterocycles. The van der Waals surface area contributed by atoms with Crippen LogP contribution in [0.25, 0.3) is 0 Å². The van der Waals surface area contributed by atoms with Crippen molar-refractivity contribution in [2.24, 2.45) is 0 Å². The van der Waals surface area contributed by atoms with Crippen LogP contribution in [0.1, 0.15) is 96.8 Å². The molecule has 0 aromatic carbocycles. The lowest BCUT2D eigenvalue weighted by molar-refractivity contribution is -0.211. The SMILES string of the molecule is CCCCCCCCCCCCCC/C=C/CCO[C@@H]1[C@@H](O)[C@H](O)CO[C@H]1CO. The number of aliphatic hydroxyl groups is 3. The van der Waals surface area contributed by atoms with Crippen molar-refractivity contribution in [1.29, 1.82) is 0 Å². The molecule has 1 fully saturated rings. The lowest BCUT2D eigenvalue weighted by Crippen LogP contribution is -2.55. The van der Waals surface area contributed by atoms with E-state index in [2.05, 4.69) is 19.1 Å². The molecule has 1 heterocycles. The summed E-state index contributed by atoms with van der Waals surface area (Å²) in [7, 11) is 0. The second kappa shape index (κ2) is 18.3. The average Bonchev–Trinajstić information content (AvgIpc) is 2.73. The number of allylic oxidation sites excluding steroid dienone is 1. The van der Waals surface area contributed by atoms with Crippen LogP contribution in [0.5, 0.6) is 0 Å². The Balaban J connectivity index is 1.89. The van der Waals surface area contributed by atoms with Crippen molar-refractivity contribution in [3.63, 3.8) is 0 Å². The van der Waals surface area contributed by atoms with Crippen LogP contribution in [0.2, 0.25) is 0 Å². The van der Waals surface area contributed by atoms with E-state index in [1.54, 1.807) is 0 Å². The first-order chi connectivity index (χ1) is 14.2. The Morgan fingerprint density at radius 2 is 1.38 bits per heavy atom. The van der Waals surface area contributed by atoms with Crippen molar-refractivity contribution < 1.29 is 24.8 Å². The highest BCUT2D eigenvalue weighted by Gasteiger charge is 2.39. The van der Waals surface area contributed by atoms with Crippen LogP contribution in [0.3, 0.4) is 0 Å². The van der Waals surface area contributed by atoms with Crippen LogP contribution in [-0.2, 0) is 9.47 Å². The highest BCUT2D eigenvalue weighted by molar-refractivity contribution is 4.88. The molecule has 172 valence electrons. The second-order valence-corrected chi connectivity index (χ2v) is 8.39. The molecule has 0 unspecified atom stereocenters. The molecule has 1 saturated heterocycles. The predicted molar refractivity (Wildman–Crippen MR) is 118 cm³/mol. The minimum absolute atomic E-state index is 0.0329. The van der Waals surface area contributed by atoms with Gasteiger partial charge in [-0.3, -0.25) is 0 Å². The molecule has 0 aliphatic carbocycles. The molecule has 5 nitrogen and oxygen atoms in total. The van der Waals surface area contributed by atoms with Crippen molar-refractivity contribution in [3.05, 3.63) is 12.2 Å². The van der Waals surface area contributed by atoms with Crippen LogP contribution < -0.4 is 0 Å². The second-order valence-electron chi connectivity index (χ2n) is 8.39. The summed E-state index contributed by atoms with van der Waals surface area (Å²) in [5, 5.41) is 28.9. The molecule has 1 rings (SSSR count). The van der Waals surface area contributed by atoms with Gasteiger partial charge in [0.15, 0.2) is 0 Å². The number of unbranched alkanes of at least 4 members (excludes halogenated alkanes) is 12. The molecule has 29 heavy (non-hydrogen) atoms. The van der Waals surface area contributed by atoms with E-state index in [0.717, 1.165) is 12.8 Å². The van der Waals surface area contributed by atoms with Gasteiger partial charge in [-0.15, -0.1) is 0 Å². The summed E-state index contributed by atoms with van der Waals surface area (Å²) >= 11 is 0. The Hall–Kier alpha value is -0.460. The maximum atomic E-state index is 9.99. The quantitative estimate of drug-likeness (QED) is 0.227. The van der Waals surface area contributed by atoms with Crippen molar-refractivity contribution >= 4 is 0 Å². The van der Waals surface area contributed by atoms with Gasteiger partial charge in [0.05, 0.1) is 19.8 Å². The standard InChI is InChI=1S/C24H46O5/c1-2-3-4-5-6-7-8-9-10-11-12-13-14-15-16-17-18-28-24-22(19-25)29-20-21(26)23(24)27/h15-16,21-27H,2-14,17-20H2,1H3/b16-15+/t21-,22+,23+,24+/m1/s1. The van der Waals surface area contributed by atoms with Gasteiger partial charge in [-0.05, 0) is 19.3 Å². The fraction of sp³-hybridized carbons (Fsp3) is 0.917. The Kier molecular flexibility index (Phi) is 16.8. The third kappa shape index (κ3) is 12.7. The van der Waals surface area contributed by atoms with E-state index in [1.165, 1.54) is 77.0 Å². The topological polar surface area (TPSA) is 79.2 Å². The summed E-state index contributed by atoms with van der Waals surface area (Å²) in [4.78, 5) is 0. The van der Waals surface area contributed by atoms with Gasteiger partial charge in [0, 0.05) is 0 Å². The highest BCUT2D eigenvalue weighted by Crippen LogP contribution is 2.19. The van der Waals surface area contributed by atoms with E-state index < -0.39 is 24.4 Å². The molecule has 5 heteroatoms. The Labute approximate surface area is 178 Å². The monoisotopic (exact) mass is 414 g/mol. The van der Waals surface area contributed by atoms with Crippen molar-refractivity contribution in [2.75, 3.05) is 19.8 Å². The zero-order valence-corrected chi connectivity index (χ0v) is 18.6. The molecule has 0 saturated carbocycles. The van der Waals surface area contributed by atoms with Crippen LogP contribution in [0, 0.1) is 0 Å². The summed E-state index contributed by atoms with van der Waals surface area (Å²) in [6.45, 7) is 2.53. The van der Waals surface area contributed by atoms with Gasteiger partial charge in [0.2, 0.25) is 0 Å². The minimum Gasteiger partial charge on any atom is -0.394 e.